The molecule has 94 valence electrons. The molecule has 0 fully saturated rings. The lowest BCUT2D eigenvalue weighted by Gasteiger charge is -2.28. The van der Waals surface area contributed by atoms with Gasteiger partial charge in [0, 0.05) is 16.4 Å². The van der Waals surface area contributed by atoms with Crippen molar-refractivity contribution < 1.29 is 4.79 Å². The van der Waals surface area contributed by atoms with Gasteiger partial charge >= 0.3 is 0 Å². The SMILES string of the molecule is CCC(C)(CC)NC(=O)c1ccc(CBr)cc1. The lowest BCUT2D eigenvalue weighted by molar-refractivity contribution is 0.0901. The fourth-order valence-electron chi connectivity index (χ4n) is 1.52. The summed E-state index contributed by atoms with van der Waals surface area (Å²) in [5.74, 6) is 0.0114. The molecular formula is C14H20BrNO. The molecule has 0 aliphatic rings. The smallest absolute Gasteiger partial charge is 0.251 e. The van der Waals surface area contributed by atoms with E-state index in [1.807, 2.05) is 24.3 Å². The Labute approximate surface area is 112 Å². The molecule has 3 heteroatoms. The molecule has 0 radical (unpaired) electrons. The minimum atomic E-state index is -0.106. The molecule has 1 rings (SSSR count). The van der Waals surface area contributed by atoms with Crippen molar-refractivity contribution in [3.05, 3.63) is 35.4 Å². The highest BCUT2D eigenvalue weighted by atomic mass is 79.9. The highest BCUT2D eigenvalue weighted by Gasteiger charge is 2.22. The molecule has 1 aromatic carbocycles. The maximum absolute atomic E-state index is 12.1. The number of nitrogens with one attached hydrogen (secondary N) is 1. The van der Waals surface area contributed by atoms with E-state index in [1.165, 1.54) is 5.56 Å². The van der Waals surface area contributed by atoms with E-state index in [1.54, 1.807) is 0 Å². The van der Waals surface area contributed by atoms with Crippen molar-refractivity contribution in [2.24, 2.45) is 0 Å². The highest BCUT2D eigenvalue weighted by molar-refractivity contribution is 9.08. The summed E-state index contributed by atoms with van der Waals surface area (Å²) >= 11 is 3.39. The third-order valence-electron chi connectivity index (χ3n) is 3.35. The molecule has 0 aromatic heterocycles. The summed E-state index contributed by atoms with van der Waals surface area (Å²) in [6, 6.07) is 7.69. The van der Waals surface area contributed by atoms with Gasteiger partial charge in [0.05, 0.1) is 0 Å². The van der Waals surface area contributed by atoms with Crippen molar-refractivity contribution in [2.45, 2.75) is 44.5 Å². The summed E-state index contributed by atoms with van der Waals surface area (Å²) in [6.45, 7) is 6.27. The van der Waals surface area contributed by atoms with Crippen LogP contribution in [0.4, 0.5) is 0 Å². The average Bonchev–Trinajstić information content (AvgIpc) is 2.38. The molecule has 0 saturated heterocycles. The topological polar surface area (TPSA) is 29.1 Å². The van der Waals surface area contributed by atoms with E-state index >= 15 is 0 Å². The number of carbonyl (C=O) groups is 1. The molecule has 2 nitrogen and oxygen atoms in total. The van der Waals surface area contributed by atoms with Crippen molar-refractivity contribution >= 4 is 21.8 Å². The summed E-state index contributed by atoms with van der Waals surface area (Å²) in [4.78, 5) is 12.1. The number of hydrogen-bond donors (Lipinski definition) is 1. The second-order valence-electron chi connectivity index (χ2n) is 4.55. The second kappa shape index (κ2) is 6.20. The molecule has 0 heterocycles. The fraction of sp³-hybridized carbons (Fsp3) is 0.500. The van der Waals surface area contributed by atoms with E-state index in [2.05, 4.69) is 42.0 Å². The van der Waals surface area contributed by atoms with Crippen LogP contribution >= 0.6 is 15.9 Å². The van der Waals surface area contributed by atoms with E-state index in [0.29, 0.717) is 0 Å². The zero-order chi connectivity index (χ0) is 12.9. The minimum Gasteiger partial charge on any atom is -0.347 e. The Morgan fingerprint density at radius 2 is 1.76 bits per heavy atom. The summed E-state index contributed by atoms with van der Waals surface area (Å²) in [6.07, 6.45) is 1.88. The third-order valence-corrected chi connectivity index (χ3v) is 3.99. The van der Waals surface area contributed by atoms with Gasteiger partial charge in [0.25, 0.3) is 5.91 Å². The molecule has 1 aromatic rings. The highest BCUT2D eigenvalue weighted by Crippen LogP contribution is 2.15. The Morgan fingerprint density at radius 1 is 1.24 bits per heavy atom. The Kier molecular flexibility index (Phi) is 5.19. The van der Waals surface area contributed by atoms with Crippen LogP contribution in [-0.2, 0) is 5.33 Å². The quantitative estimate of drug-likeness (QED) is 0.821. The van der Waals surface area contributed by atoms with Crippen LogP contribution in [0.15, 0.2) is 24.3 Å². The van der Waals surface area contributed by atoms with Gasteiger partial charge in [0.2, 0.25) is 0 Å². The van der Waals surface area contributed by atoms with Crippen molar-refractivity contribution in [3.8, 4) is 0 Å². The van der Waals surface area contributed by atoms with E-state index in [9.17, 15) is 4.79 Å². The summed E-state index contributed by atoms with van der Waals surface area (Å²) < 4.78 is 0. The number of hydrogen-bond acceptors (Lipinski definition) is 1. The maximum Gasteiger partial charge on any atom is 0.251 e. The zero-order valence-corrected chi connectivity index (χ0v) is 12.3. The lowest BCUT2D eigenvalue weighted by atomic mass is 9.95. The van der Waals surface area contributed by atoms with Gasteiger partial charge in [-0.25, -0.2) is 0 Å². The Morgan fingerprint density at radius 3 is 2.18 bits per heavy atom. The molecule has 0 aliphatic heterocycles. The molecule has 0 atom stereocenters. The lowest BCUT2D eigenvalue weighted by Crippen LogP contribution is -2.44. The van der Waals surface area contributed by atoms with Gasteiger partial charge < -0.3 is 5.32 Å². The predicted octanol–water partition coefficient (Wildman–Crippen LogP) is 3.89. The van der Waals surface area contributed by atoms with Crippen molar-refractivity contribution in [3.63, 3.8) is 0 Å². The standard InChI is InChI=1S/C14H20BrNO/c1-4-14(3,5-2)16-13(17)12-8-6-11(10-15)7-9-12/h6-9H,4-5,10H2,1-3H3,(H,16,17). The van der Waals surface area contributed by atoms with E-state index in [0.717, 1.165) is 23.7 Å². The van der Waals surface area contributed by atoms with E-state index in [-0.39, 0.29) is 11.4 Å². The van der Waals surface area contributed by atoms with Crippen LogP contribution in [-0.4, -0.2) is 11.4 Å². The number of benzene rings is 1. The van der Waals surface area contributed by atoms with E-state index < -0.39 is 0 Å². The van der Waals surface area contributed by atoms with Crippen LogP contribution in [0.25, 0.3) is 0 Å². The van der Waals surface area contributed by atoms with Crippen LogP contribution in [0.1, 0.15) is 49.5 Å². The van der Waals surface area contributed by atoms with Gasteiger partial charge in [0.1, 0.15) is 0 Å². The summed E-state index contributed by atoms with van der Waals surface area (Å²) in [7, 11) is 0. The third kappa shape index (κ3) is 3.84. The molecule has 0 bridgehead atoms. The molecule has 17 heavy (non-hydrogen) atoms. The largest absolute Gasteiger partial charge is 0.347 e. The molecule has 0 aliphatic carbocycles. The normalized spacial score (nSPS) is 11.3. The second-order valence-corrected chi connectivity index (χ2v) is 5.11. The molecular weight excluding hydrogens is 278 g/mol. The molecule has 1 amide bonds. The van der Waals surface area contributed by atoms with Crippen LogP contribution in [0, 0.1) is 0 Å². The van der Waals surface area contributed by atoms with Gasteiger partial charge in [-0.3, -0.25) is 4.79 Å². The first-order chi connectivity index (χ1) is 8.04. The number of alkyl halides is 1. The average molecular weight is 298 g/mol. The first-order valence-corrected chi connectivity index (χ1v) is 7.14. The Bertz CT molecular complexity index is 368. The van der Waals surface area contributed by atoms with E-state index in [4.69, 9.17) is 0 Å². The number of amides is 1. The number of rotatable bonds is 5. The van der Waals surface area contributed by atoms with Crippen LogP contribution < -0.4 is 5.32 Å². The van der Waals surface area contributed by atoms with Crippen LogP contribution in [0.3, 0.4) is 0 Å². The molecule has 0 unspecified atom stereocenters. The first-order valence-electron chi connectivity index (χ1n) is 6.02. The first kappa shape index (κ1) is 14.2. The molecule has 1 N–H and O–H groups in total. The molecule has 0 saturated carbocycles. The number of halogens is 1. The van der Waals surface area contributed by atoms with Crippen molar-refractivity contribution in [1.29, 1.82) is 0 Å². The Hall–Kier alpha value is -0.830. The minimum absolute atomic E-state index is 0.0114. The van der Waals surface area contributed by atoms with Gasteiger partial charge in [-0.2, -0.15) is 0 Å². The predicted molar refractivity (Wildman–Crippen MR) is 75.5 cm³/mol. The molecule has 0 spiro atoms. The van der Waals surface area contributed by atoms with Gasteiger partial charge in [-0.15, -0.1) is 0 Å². The fourth-order valence-corrected chi connectivity index (χ4v) is 1.89. The monoisotopic (exact) mass is 297 g/mol. The van der Waals surface area contributed by atoms with Crippen LogP contribution in [0.5, 0.6) is 0 Å². The van der Waals surface area contributed by atoms with Gasteiger partial charge in [0.15, 0.2) is 0 Å². The zero-order valence-electron chi connectivity index (χ0n) is 10.7. The van der Waals surface area contributed by atoms with Crippen molar-refractivity contribution in [2.75, 3.05) is 0 Å². The maximum atomic E-state index is 12.1. The van der Waals surface area contributed by atoms with Gasteiger partial charge in [-0.05, 0) is 37.5 Å². The van der Waals surface area contributed by atoms with Crippen molar-refractivity contribution in [1.82, 2.24) is 5.32 Å². The summed E-state index contributed by atoms with van der Waals surface area (Å²) in [5.41, 5.74) is 1.80. The number of carbonyl (C=O) groups excluding carboxylic acids is 1. The summed E-state index contributed by atoms with van der Waals surface area (Å²) in [5, 5.41) is 3.91. The van der Waals surface area contributed by atoms with Gasteiger partial charge in [-0.1, -0.05) is 41.9 Å². The van der Waals surface area contributed by atoms with Crippen LogP contribution in [0.2, 0.25) is 0 Å². The Balaban J connectivity index is 2.75.